The molecule has 0 unspecified atom stereocenters. The first kappa shape index (κ1) is 31.4. The van der Waals surface area contributed by atoms with Gasteiger partial charge in [-0.15, -0.1) is 23.6 Å². The van der Waals surface area contributed by atoms with Crippen LogP contribution in [0.25, 0.3) is 0 Å². The predicted octanol–water partition coefficient (Wildman–Crippen LogP) is -3.57. The number of esters is 1. The zero-order chi connectivity index (χ0) is 26.9. The molecule has 0 saturated carbocycles. The molecular formula is C6H10F5N5O12S5. The maximum absolute atomic E-state index is 13.4. The Morgan fingerprint density at radius 3 is 1.06 bits per heavy atom. The molecule has 27 heteroatoms. The summed E-state index contributed by atoms with van der Waals surface area (Å²) in [7, 11) is -34.1. The van der Waals surface area contributed by atoms with Gasteiger partial charge in [0.2, 0.25) is 5.79 Å². The molecule has 0 aliphatic rings. The van der Waals surface area contributed by atoms with Gasteiger partial charge in [-0.25, -0.2) is 4.79 Å². The van der Waals surface area contributed by atoms with Crippen LogP contribution in [0.1, 0.15) is 6.92 Å². The Kier molecular flexibility index (Phi) is 9.11. The van der Waals surface area contributed by atoms with Crippen LogP contribution in [-0.4, -0.2) is 59.7 Å². The van der Waals surface area contributed by atoms with Crippen molar-refractivity contribution in [2.45, 2.75) is 18.6 Å². The van der Waals surface area contributed by atoms with E-state index >= 15 is 0 Å². The highest BCUT2D eigenvalue weighted by Crippen LogP contribution is 2.26. The molecular weight excluding hydrogens is 589 g/mol. The van der Waals surface area contributed by atoms with Crippen molar-refractivity contribution in [2.24, 2.45) is 0 Å². The van der Waals surface area contributed by atoms with Crippen molar-refractivity contribution in [2.75, 3.05) is 0 Å². The minimum absolute atomic E-state index is 0.0310. The molecule has 0 atom stereocenters. The molecule has 0 aliphatic heterocycles. The van der Waals surface area contributed by atoms with E-state index in [0.717, 1.165) is 0 Å². The third-order valence-electron chi connectivity index (χ3n) is 2.48. The second-order valence-corrected chi connectivity index (χ2v) is 10.7. The molecule has 0 saturated heterocycles. The van der Waals surface area contributed by atoms with Crippen molar-refractivity contribution >= 4 is 58.0 Å². The first-order valence-electron chi connectivity index (χ1n) is 6.67. The Balaban J connectivity index is 8.03. The molecule has 0 rings (SSSR count). The Bertz CT molecular complexity index is 1220. The lowest BCUT2D eigenvalue weighted by molar-refractivity contribution is -0.172. The fraction of sp³-hybridized carbons (Fsp3) is 0.500. The van der Waals surface area contributed by atoms with Crippen LogP contribution in [-0.2, 0) is 61.6 Å². The molecule has 0 bridgehead atoms. The van der Waals surface area contributed by atoms with E-state index in [2.05, 4.69) is 11.3 Å². The summed E-state index contributed by atoms with van der Waals surface area (Å²) in [5.41, 5.74) is -1.04. The topological polar surface area (TPSA) is 257 Å². The fourth-order valence-corrected chi connectivity index (χ4v) is 4.96. The first-order chi connectivity index (χ1) is 14.1. The van der Waals surface area contributed by atoms with E-state index in [1.54, 1.807) is 0 Å². The third kappa shape index (κ3) is 11.4. The zero-order valence-corrected chi connectivity index (χ0v) is 19.1. The largest absolute Gasteiger partial charge is 0.419 e. The van der Waals surface area contributed by atoms with E-state index in [0.29, 0.717) is 6.92 Å². The van der Waals surface area contributed by atoms with E-state index in [1.807, 2.05) is 0 Å². The molecule has 33 heavy (non-hydrogen) atoms. The molecule has 5 N–H and O–H groups in total. The highest BCUT2D eigenvalue weighted by atomic mass is 32.3. The van der Waals surface area contributed by atoms with Gasteiger partial charge in [0.1, 0.15) is 0 Å². The lowest BCUT2D eigenvalue weighted by Gasteiger charge is -2.45. The third-order valence-corrected chi connectivity index (χ3v) is 5.19. The van der Waals surface area contributed by atoms with Crippen molar-refractivity contribution in [3.63, 3.8) is 0 Å². The maximum atomic E-state index is 13.4. The Morgan fingerprint density at radius 1 is 0.636 bits per heavy atom. The van der Waals surface area contributed by atoms with E-state index < -0.39 is 75.2 Å². The number of hydrogen-bond donors (Lipinski definition) is 5. The quantitative estimate of drug-likeness (QED) is 0.0453. The lowest BCUT2D eigenvalue weighted by atomic mass is 10.2. The molecule has 0 aromatic carbocycles. The van der Waals surface area contributed by atoms with E-state index in [4.69, 9.17) is 0 Å². The second kappa shape index (κ2) is 9.58. The number of carbonyl (C=O) groups excluding carboxylic acids is 1. The van der Waals surface area contributed by atoms with Gasteiger partial charge in [0, 0.05) is 5.57 Å². The van der Waals surface area contributed by atoms with Gasteiger partial charge < -0.3 is 4.74 Å². The van der Waals surface area contributed by atoms with Gasteiger partial charge in [0.25, 0.3) is 5.85 Å². The average Bonchev–Trinajstić information content (AvgIpc) is 2.36. The highest BCUT2D eigenvalue weighted by Gasteiger charge is 2.66. The number of rotatable bonds is 13. The first-order valence-corrected chi connectivity index (χ1v) is 13.6. The van der Waals surface area contributed by atoms with Crippen molar-refractivity contribution < 1.29 is 71.0 Å². The molecule has 0 aromatic rings. The highest BCUT2D eigenvalue weighted by molar-refractivity contribution is 7.86. The van der Waals surface area contributed by atoms with Gasteiger partial charge in [-0.05, 0) is 6.92 Å². The second-order valence-electron chi connectivity index (χ2n) is 5.30. The van der Waals surface area contributed by atoms with Gasteiger partial charge in [0.05, 0.1) is 0 Å². The van der Waals surface area contributed by atoms with Crippen molar-refractivity contribution in [3.05, 3.63) is 12.2 Å². The standard InChI is InChI=1S/C6H10F5N5O12S5/c1-3(2)4(17)28-6(15-32(10,24)25,16-33(11,26)27)5(12-29(7,18)19,13-30(8,20)21)14-31(9,22)23/h12-16H,1H2,2H3. The van der Waals surface area contributed by atoms with Crippen molar-refractivity contribution in [1.82, 2.24) is 23.6 Å². The molecule has 0 aliphatic carbocycles. The number of ether oxygens (including phenoxy) is 1. The van der Waals surface area contributed by atoms with Gasteiger partial charge in [-0.3, -0.25) is 0 Å². The monoisotopic (exact) mass is 599 g/mol. The summed E-state index contributed by atoms with van der Waals surface area (Å²) in [6.45, 7) is 3.38. The Labute approximate surface area is 183 Å². The van der Waals surface area contributed by atoms with Crippen LogP contribution in [0, 0.1) is 0 Å². The van der Waals surface area contributed by atoms with Crippen LogP contribution in [0.2, 0.25) is 0 Å². The summed E-state index contributed by atoms with van der Waals surface area (Å²) in [5, 5.41) is 0. The minimum atomic E-state index is -6.84. The molecule has 0 spiro atoms. The number of hydrogen-bond acceptors (Lipinski definition) is 12. The molecule has 0 radical (unpaired) electrons. The summed E-state index contributed by atoms with van der Waals surface area (Å²) in [4.78, 5) is 11.8. The fourth-order valence-electron chi connectivity index (χ4n) is 1.69. The molecule has 0 amide bonds. The van der Waals surface area contributed by atoms with Crippen LogP contribution >= 0.6 is 0 Å². The molecule has 17 nitrogen and oxygen atoms in total. The van der Waals surface area contributed by atoms with E-state index in [1.165, 1.54) is 0 Å². The van der Waals surface area contributed by atoms with Crippen LogP contribution < -0.4 is 23.6 Å². The summed E-state index contributed by atoms with van der Waals surface area (Å²) in [6, 6.07) is 0. The van der Waals surface area contributed by atoms with Gasteiger partial charge in [-0.1, -0.05) is 26.0 Å². The number of carbonyl (C=O) groups is 1. The van der Waals surface area contributed by atoms with Crippen molar-refractivity contribution in [3.8, 4) is 0 Å². The van der Waals surface area contributed by atoms with Crippen LogP contribution in [0.4, 0.5) is 19.4 Å². The molecule has 0 heterocycles. The van der Waals surface area contributed by atoms with Crippen LogP contribution in [0.3, 0.4) is 0 Å². The summed E-state index contributed by atoms with van der Waals surface area (Å²) >= 11 is 0. The SMILES string of the molecule is C=C(C)C(=O)OC(NS(=O)(=O)F)(NS(=O)(=O)F)C(NS(=O)(=O)F)(NS(=O)(=O)F)NS(=O)(=O)F. The lowest BCUT2D eigenvalue weighted by Crippen LogP contribution is -2.88. The summed E-state index contributed by atoms with van der Waals surface area (Å²) < 4.78 is 181. The molecule has 0 fully saturated rings. The summed E-state index contributed by atoms with van der Waals surface area (Å²) in [6.07, 6.45) is 0. The molecule has 0 aromatic heterocycles. The van der Waals surface area contributed by atoms with E-state index in [-0.39, 0.29) is 23.6 Å². The average molecular weight is 599 g/mol. The number of halogens is 5. The maximum Gasteiger partial charge on any atom is 0.376 e. The van der Waals surface area contributed by atoms with Crippen LogP contribution in [0.5, 0.6) is 0 Å². The van der Waals surface area contributed by atoms with E-state index in [9.17, 15) is 66.3 Å². The molecule has 196 valence electrons. The normalized spacial score (nSPS) is 14.6. The van der Waals surface area contributed by atoms with Crippen LogP contribution in [0.15, 0.2) is 12.2 Å². The van der Waals surface area contributed by atoms with Gasteiger partial charge in [0.15, 0.2) is 0 Å². The Hall–Kier alpha value is -1.59. The number of nitrogens with one attached hydrogen (secondary N) is 5. The zero-order valence-electron chi connectivity index (χ0n) is 15.0. The predicted molar refractivity (Wildman–Crippen MR) is 92.2 cm³/mol. The van der Waals surface area contributed by atoms with Gasteiger partial charge in [-0.2, -0.15) is 42.1 Å². The van der Waals surface area contributed by atoms with Gasteiger partial charge >= 0.3 is 58.0 Å². The Morgan fingerprint density at radius 2 is 0.879 bits per heavy atom. The minimum Gasteiger partial charge on any atom is -0.419 e. The van der Waals surface area contributed by atoms with Crippen molar-refractivity contribution in [1.29, 1.82) is 0 Å². The smallest absolute Gasteiger partial charge is 0.376 e. The summed E-state index contributed by atoms with van der Waals surface area (Å²) in [5.74, 6) is -12.8.